The molecule has 1 aliphatic heterocycles. The van der Waals surface area contributed by atoms with Gasteiger partial charge < -0.3 is 9.64 Å². The van der Waals surface area contributed by atoms with Gasteiger partial charge >= 0.3 is 5.97 Å². The molecule has 2 aliphatic rings. The molecule has 28 heavy (non-hydrogen) atoms. The zero-order valence-corrected chi connectivity index (χ0v) is 17.6. The van der Waals surface area contributed by atoms with E-state index in [-0.39, 0.29) is 17.7 Å². The molecule has 0 amide bonds. The second-order valence-electron chi connectivity index (χ2n) is 7.43. The molecule has 1 saturated heterocycles. The number of anilines is 1. The zero-order chi connectivity index (χ0) is 19.6. The summed E-state index contributed by atoms with van der Waals surface area (Å²) in [6.45, 7) is 3.41. The van der Waals surface area contributed by atoms with Gasteiger partial charge in [0.15, 0.2) is 0 Å². The number of rotatable bonds is 3. The molecule has 0 bridgehead atoms. The van der Waals surface area contributed by atoms with Crippen LogP contribution in [0.2, 0.25) is 0 Å². The molecule has 1 saturated carbocycles. The number of halogens is 2. The molecule has 1 aromatic carbocycles. The lowest BCUT2D eigenvalue weighted by Gasteiger charge is -2.20. The van der Waals surface area contributed by atoms with Crippen LogP contribution in [-0.4, -0.2) is 40.9 Å². The van der Waals surface area contributed by atoms with Gasteiger partial charge in [-0.05, 0) is 65.6 Å². The Hall–Kier alpha value is -2.23. The summed E-state index contributed by atoms with van der Waals surface area (Å²) in [5.74, 6) is 1.34. The van der Waals surface area contributed by atoms with Crippen molar-refractivity contribution in [3.8, 4) is 5.69 Å². The van der Waals surface area contributed by atoms with E-state index in [1.807, 2.05) is 12.1 Å². The summed E-state index contributed by atoms with van der Waals surface area (Å²) in [7, 11) is 1.45. The van der Waals surface area contributed by atoms with Crippen LogP contribution in [0, 0.1) is 34.2 Å². The van der Waals surface area contributed by atoms with Gasteiger partial charge in [0, 0.05) is 24.0 Å². The van der Waals surface area contributed by atoms with E-state index in [1.165, 1.54) is 13.2 Å². The highest BCUT2D eigenvalue weighted by atomic mass is 127. The average Bonchev–Trinajstić information content (AvgIpc) is 3.04. The van der Waals surface area contributed by atoms with Crippen molar-refractivity contribution in [2.45, 2.75) is 6.92 Å². The van der Waals surface area contributed by atoms with Crippen LogP contribution in [0.3, 0.4) is 0 Å². The number of benzene rings is 1. The van der Waals surface area contributed by atoms with E-state index in [0.29, 0.717) is 17.4 Å². The van der Waals surface area contributed by atoms with Crippen LogP contribution >= 0.6 is 22.6 Å². The van der Waals surface area contributed by atoms with Gasteiger partial charge in [0.1, 0.15) is 15.3 Å². The van der Waals surface area contributed by atoms with Crippen molar-refractivity contribution in [2.75, 3.05) is 25.1 Å². The molecule has 5 rings (SSSR count). The molecule has 3 aromatic rings. The maximum atomic E-state index is 14.1. The molecule has 2 atom stereocenters. The monoisotopic (exact) mass is 492 g/mol. The Morgan fingerprint density at radius 3 is 2.64 bits per heavy atom. The number of ether oxygens (including phenoxy) is 1. The summed E-state index contributed by atoms with van der Waals surface area (Å²) in [6, 6.07) is 7.16. The number of esters is 1. The first-order valence-corrected chi connectivity index (χ1v) is 10.2. The summed E-state index contributed by atoms with van der Waals surface area (Å²) in [6.07, 6.45) is 1.77. The predicted molar refractivity (Wildman–Crippen MR) is 111 cm³/mol. The van der Waals surface area contributed by atoms with Gasteiger partial charge in [-0.1, -0.05) is 0 Å². The molecule has 2 aromatic heterocycles. The second kappa shape index (κ2) is 6.40. The Morgan fingerprint density at radius 2 is 2.00 bits per heavy atom. The van der Waals surface area contributed by atoms with E-state index in [9.17, 15) is 9.18 Å². The van der Waals surface area contributed by atoms with Crippen LogP contribution < -0.4 is 4.90 Å². The van der Waals surface area contributed by atoms with Crippen LogP contribution in [0.1, 0.15) is 5.56 Å². The fourth-order valence-corrected chi connectivity index (χ4v) is 5.03. The van der Waals surface area contributed by atoms with Crippen LogP contribution in [0.15, 0.2) is 30.5 Å². The molecule has 0 N–H and O–H groups in total. The minimum Gasteiger partial charge on any atom is -0.469 e. The van der Waals surface area contributed by atoms with Crippen LogP contribution in [-0.2, 0) is 9.53 Å². The lowest BCUT2D eigenvalue weighted by Crippen LogP contribution is -2.27. The Morgan fingerprint density at radius 1 is 1.25 bits per heavy atom. The Labute approximate surface area is 174 Å². The van der Waals surface area contributed by atoms with E-state index >= 15 is 0 Å². The number of methoxy groups -OCH3 is 1. The standard InChI is InChI=1S/C20H18FIN4O2/c1-10-15(21)5-4-12-18(10)26(24-19(12)22)11-3-6-16(23-7-11)25-8-13-14(9-25)17(13)20(27)28-2/h3-7,13-14,17H,8-9H2,1-2H3. The second-order valence-corrected chi connectivity index (χ2v) is 8.45. The fourth-order valence-electron chi connectivity index (χ4n) is 4.38. The van der Waals surface area contributed by atoms with Gasteiger partial charge in [-0.15, -0.1) is 0 Å². The number of pyridine rings is 1. The molecule has 6 nitrogen and oxygen atoms in total. The predicted octanol–water partition coefficient (Wildman–Crippen LogP) is 3.33. The van der Waals surface area contributed by atoms with Crippen molar-refractivity contribution >= 4 is 45.3 Å². The van der Waals surface area contributed by atoms with Crippen molar-refractivity contribution in [1.82, 2.24) is 14.8 Å². The topological polar surface area (TPSA) is 60.2 Å². The van der Waals surface area contributed by atoms with Crippen LogP contribution in [0.4, 0.5) is 10.2 Å². The molecule has 2 unspecified atom stereocenters. The lowest BCUT2D eigenvalue weighted by atomic mass is 10.1. The third-order valence-electron chi connectivity index (χ3n) is 5.95. The highest BCUT2D eigenvalue weighted by molar-refractivity contribution is 14.1. The van der Waals surface area contributed by atoms with Crippen LogP contribution in [0.25, 0.3) is 16.6 Å². The summed E-state index contributed by atoms with van der Waals surface area (Å²) in [5, 5.41) is 5.51. The molecule has 3 heterocycles. The number of piperidine rings is 1. The van der Waals surface area contributed by atoms with Gasteiger partial charge in [-0.25, -0.2) is 14.1 Å². The molecular formula is C20H18FIN4O2. The normalized spacial score (nSPS) is 23.1. The van der Waals surface area contributed by atoms with Gasteiger partial charge in [0.05, 0.1) is 30.4 Å². The average molecular weight is 492 g/mol. The van der Waals surface area contributed by atoms with Gasteiger partial charge in [0.25, 0.3) is 0 Å². The summed E-state index contributed by atoms with van der Waals surface area (Å²) in [5.41, 5.74) is 2.13. The van der Waals surface area contributed by atoms with Gasteiger partial charge in [-0.2, -0.15) is 5.10 Å². The lowest BCUT2D eigenvalue weighted by molar-refractivity contribution is -0.142. The van der Waals surface area contributed by atoms with Crippen LogP contribution in [0.5, 0.6) is 0 Å². The summed E-state index contributed by atoms with van der Waals surface area (Å²) < 4.78 is 21.5. The first kappa shape index (κ1) is 17.8. The minimum absolute atomic E-state index is 0.0518. The molecule has 1 aliphatic carbocycles. The Bertz CT molecular complexity index is 1090. The maximum absolute atomic E-state index is 14.1. The molecule has 0 radical (unpaired) electrons. The highest BCUT2D eigenvalue weighted by Gasteiger charge is 2.60. The Balaban J connectivity index is 1.41. The number of carbonyl (C=O) groups is 1. The molecule has 8 heteroatoms. The zero-order valence-electron chi connectivity index (χ0n) is 15.4. The van der Waals surface area contributed by atoms with E-state index in [0.717, 1.165) is 39.2 Å². The number of aromatic nitrogens is 3. The fraction of sp³-hybridized carbons (Fsp3) is 0.350. The van der Waals surface area contributed by atoms with Crippen molar-refractivity contribution in [2.24, 2.45) is 17.8 Å². The largest absolute Gasteiger partial charge is 0.469 e. The van der Waals surface area contributed by atoms with E-state index in [4.69, 9.17) is 4.74 Å². The highest BCUT2D eigenvalue weighted by Crippen LogP contribution is 2.52. The molecule has 0 spiro atoms. The summed E-state index contributed by atoms with van der Waals surface area (Å²) in [4.78, 5) is 18.5. The van der Waals surface area contributed by atoms with E-state index in [1.54, 1.807) is 23.9 Å². The Kier molecular flexibility index (Phi) is 4.08. The molecule has 2 fully saturated rings. The van der Waals surface area contributed by atoms with Gasteiger partial charge in [0.2, 0.25) is 0 Å². The third-order valence-corrected chi connectivity index (χ3v) is 6.75. The first-order chi connectivity index (χ1) is 13.5. The number of aryl methyl sites for hydroxylation is 1. The van der Waals surface area contributed by atoms with Crippen molar-refractivity contribution < 1.29 is 13.9 Å². The van der Waals surface area contributed by atoms with E-state index < -0.39 is 0 Å². The van der Waals surface area contributed by atoms with Crippen molar-refractivity contribution in [3.63, 3.8) is 0 Å². The smallest absolute Gasteiger partial charge is 0.309 e. The first-order valence-electron chi connectivity index (χ1n) is 9.12. The molecule has 144 valence electrons. The SMILES string of the molecule is COC(=O)C1C2CN(c3ccc(-n4nc(I)c5ccc(F)c(C)c54)cn3)CC21. The van der Waals surface area contributed by atoms with E-state index in [2.05, 4.69) is 37.6 Å². The molecular weight excluding hydrogens is 474 g/mol. The van der Waals surface area contributed by atoms with Crippen molar-refractivity contribution in [3.05, 3.63) is 45.5 Å². The quantitative estimate of drug-likeness (QED) is 0.415. The number of fused-ring (bicyclic) bond motifs is 2. The van der Waals surface area contributed by atoms with Crippen molar-refractivity contribution in [1.29, 1.82) is 0 Å². The minimum atomic E-state index is -0.244. The summed E-state index contributed by atoms with van der Waals surface area (Å²) >= 11 is 2.17. The number of hydrogen-bond acceptors (Lipinski definition) is 5. The third kappa shape index (κ3) is 2.61. The number of hydrogen-bond donors (Lipinski definition) is 0. The number of carbonyl (C=O) groups excluding carboxylic acids is 1. The number of nitrogens with zero attached hydrogens (tertiary/aromatic N) is 4. The van der Waals surface area contributed by atoms with Gasteiger partial charge in [-0.3, -0.25) is 4.79 Å². The maximum Gasteiger partial charge on any atom is 0.309 e.